The fraction of sp³-hybridized carbons (Fsp3) is 0.417. The van der Waals surface area contributed by atoms with Gasteiger partial charge in [-0.15, -0.1) is 6.42 Å². The van der Waals surface area contributed by atoms with Crippen LogP contribution in [-0.4, -0.2) is 89.1 Å². The van der Waals surface area contributed by atoms with Crippen molar-refractivity contribution in [2.24, 2.45) is 0 Å². The minimum absolute atomic E-state index is 0.0764. The largest absolute Gasteiger partial charge is 0.479 e. The molecule has 37 heavy (non-hydrogen) atoms. The summed E-state index contributed by atoms with van der Waals surface area (Å²) < 4.78 is 12.8. The molecule has 196 valence electrons. The van der Waals surface area contributed by atoms with Crippen molar-refractivity contribution in [2.75, 3.05) is 18.5 Å². The number of ether oxygens (including phenoxy) is 2. The van der Waals surface area contributed by atoms with E-state index in [4.69, 9.17) is 27.5 Å². The Kier molecular flexibility index (Phi) is 7.93. The summed E-state index contributed by atoms with van der Waals surface area (Å²) in [4.78, 5) is 24.3. The summed E-state index contributed by atoms with van der Waals surface area (Å²) in [6.45, 7) is 1.14. The monoisotopic (exact) mass is 531 g/mol. The van der Waals surface area contributed by atoms with Crippen molar-refractivity contribution >= 4 is 34.6 Å². The third-order valence-corrected chi connectivity index (χ3v) is 6.23. The van der Waals surface area contributed by atoms with Crippen LogP contribution in [0.1, 0.15) is 18.7 Å². The summed E-state index contributed by atoms with van der Waals surface area (Å²) in [6.07, 6.45) is 1.52. The number of rotatable bonds is 10. The molecule has 0 radical (unpaired) electrons. The number of aliphatic carboxylic acids is 1. The number of anilines is 1. The molecule has 0 aliphatic carbocycles. The zero-order valence-electron chi connectivity index (χ0n) is 19.7. The summed E-state index contributed by atoms with van der Waals surface area (Å²) in [5.74, 6) is 1.21. The number of hydrogen-bond donors (Lipinski definition) is 5. The van der Waals surface area contributed by atoms with E-state index >= 15 is 0 Å². The normalized spacial score (nSPS) is 25.0. The van der Waals surface area contributed by atoms with Crippen LogP contribution in [-0.2, 0) is 20.7 Å². The molecule has 1 fully saturated rings. The fourth-order valence-corrected chi connectivity index (χ4v) is 4.19. The van der Waals surface area contributed by atoms with Crippen LogP contribution in [0.25, 0.3) is 11.2 Å². The molecule has 12 nitrogen and oxygen atoms in total. The molecule has 1 unspecified atom stereocenters. The van der Waals surface area contributed by atoms with E-state index < -0.39 is 42.7 Å². The number of terminal acetylenes is 1. The van der Waals surface area contributed by atoms with Crippen LogP contribution in [0.5, 0.6) is 0 Å². The highest BCUT2D eigenvalue weighted by Crippen LogP contribution is 2.39. The Morgan fingerprint density at radius 1 is 1.38 bits per heavy atom. The number of fused-ring (bicyclic) bond motifs is 1. The van der Waals surface area contributed by atoms with Crippen molar-refractivity contribution in [1.29, 1.82) is 0 Å². The Bertz CT molecular complexity index is 1300. The number of benzene rings is 1. The van der Waals surface area contributed by atoms with Crippen LogP contribution in [0.15, 0.2) is 36.7 Å². The minimum Gasteiger partial charge on any atom is -0.479 e. The Morgan fingerprint density at radius 2 is 2.11 bits per heavy atom. The first kappa shape index (κ1) is 26.7. The second-order valence-electron chi connectivity index (χ2n) is 8.67. The standard InChI is InChI=1S/C24H26ClN5O7/c1-3-24(35)16(11-36-15(22(33)34)9-14-7-5-4-6-8-14)37-21(18(24)32)30-12-26-17-19(27-13(2)10-31)28-23(25)29-20(17)30/h1,4-8,12-13,15-16,18,21,31-32,35H,9-11H2,2H3,(H,33,34)(H,27,28,29)/t13-,15?,16-,18+,21-,24-/m1/s1. The number of nitrogens with one attached hydrogen (secondary N) is 1. The van der Waals surface area contributed by atoms with E-state index in [9.17, 15) is 25.2 Å². The average molecular weight is 532 g/mol. The lowest BCUT2D eigenvalue weighted by Gasteiger charge is -2.26. The smallest absolute Gasteiger partial charge is 0.333 e. The molecule has 0 amide bonds. The first-order valence-electron chi connectivity index (χ1n) is 11.4. The first-order valence-corrected chi connectivity index (χ1v) is 11.7. The number of halogens is 1. The zero-order valence-corrected chi connectivity index (χ0v) is 20.5. The third kappa shape index (κ3) is 5.37. The molecule has 5 N–H and O–H groups in total. The second-order valence-corrected chi connectivity index (χ2v) is 9.01. The molecular weight excluding hydrogens is 506 g/mol. The van der Waals surface area contributed by atoms with Crippen LogP contribution in [0.2, 0.25) is 5.28 Å². The molecular formula is C24H26ClN5O7. The van der Waals surface area contributed by atoms with Gasteiger partial charge in [0.2, 0.25) is 5.28 Å². The Labute approximate surface area is 216 Å². The van der Waals surface area contributed by atoms with Crippen LogP contribution in [0.4, 0.5) is 5.82 Å². The van der Waals surface area contributed by atoms with Gasteiger partial charge in [0.15, 0.2) is 34.9 Å². The van der Waals surface area contributed by atoms with Crippen molar-refractivity contribution < 1.29 is 34.7 Å². The lowest BCUT2D eigenvalue weighted by Crippen LogP contribution is -2.48. The maximum absolute atomic E-state index is 11.8. The van der Waals surface area contributed by atoms with E-state index in [0.717, 1.165) is 5.56 Å². The highest BCUT2D eigenvalue weighted by atomic mass is 35.5. The van der Waals surface area contributed by atoms with Crippen LogP contribution in [0, 0.1) is 12.3 Å². The number of carboxylic acid groups (broad SMARTS) is 1. The number of aromatic nitrogens is 4. The topological polar surface area (TPSA) is 172 Å². The second kappa shape index (κ2) is 11.0. The highest BCUT2D eigenvalue weighted by Gasteiger charge is 2.56. The molecule has 13 heteroatoms. The Balaban J connectivity index is 1.58. The highest BCUT2D eigenvalue weighted by molar-refractivity contribution is 6.28. The quantitative estimate of drug-likeness (QED) is 0.183. The summed E-state index contributed by atoms with van der Waals surface area (Å²) in [7, 11) is 0. The number of carbonyl (C=O) groups is 1. The summed E-state index contributed by atoms with van der Waals surface area (Å²) in [5.41, 5.74) is -1.02. The maximum atomic E-state index is 11.8. The molecule has 3 aromatic rings. The van der Waals surface area contributed by atoms with Crippen molar-refractivity contribution in [3.63, 3.8) is 0 Å². The number of imidazole rings is 1. The molecule has 3 heterocycles. The molecule has 1 saturated heterocycles. The number of aliphatic hydroxyl groups is 3. The molecule has 6 atom stereocenters. The summed E-state index contributed by atoms with van der Waals surface area (Å²) >= 11 is 6.09. The lowest BCUT2D eigenvalue weighted by molar-refractivity contribution is -0.156. The lowest BCUT2D eigenvalue weighted by atomic mass is 9.93. The van der Waals surface area contributed by atoms with Crippen molar-refractivity contribution in [3.05, 3.63) is 47.5 Å². The van der Waals surface area contributed by atoms with Crippen LogP contribution < -0.4 is 5.32 Å². The van der Waals surface area contributed by atoms with Gasteiger partial charge in [-0.3, -0.25) is 4.57 Å². The van der Waals surface area contributed by atoms with Gasteiger partial charge in [-0.2, -0.15) is 9.97 Å². The van der Waals surface area contributed by atoms with Gasteiger partial charge in [0, 0.05) is 12.5 Å². The molecule has 1 aliphatic rings. The molecule has 0 spiro atoms. The van der Waals surface area contributed by atoms with Crippen LogP contribution >= 0.6 is 11.6 Å². The summed E-state index contributed by atoms with van der Waals surface area (Å²) in [6, 6.07) is 8.55. The average Bonchev–Trinajstić information content (AvgIpc) is 3.41. The van der Waals surface area contributed by atoms with E-state index in [1.54, 1.807) is 31.2 Å². The Hall–Kier alpha value is -3.31. The minimum atomic E-state index is -2.21. The first-order chi connectivity index (χ1) is 17.7. The van der Waals surface area contributed by atoms with E-state index in [1.165, 1.54) is 10.9 Å². The molecule has 1 aliphatic heterocycles. The number of nitrogens with zero attached hydrogens (tertiary/aromatic N) is 4. The maximum Gasteiger partial charge on any atom is 0.333 e. The zero-order chi connectivity index (χ0) is 26.7. The van der Waals surface area contributed by atoms with Gasteiger partial charge < -0.3 is 35.2 Å². The van der Waals surface area contributed by atoms with Gasteiger partial charge in [0.05, 0.1) is 19.5 Å². The molecule has 4 rings (SSSR count). The SMILES string of the molecule is C#C[C@@]1(O)[C@@H](COC(Cc2ccccc2)C(=O)O)O[C@@H](n2cnc3c(N[C@H](C)CO)nc(Cl)nc32)[C@@H]1O. The third-order valence-electron chi connectivity index (χ3n) is 6.06. The van der Waals surface area contributed by atoms with E-state index in [2.05, 4.69) is 26.2 Å². The fourth-order valence-electron chi connectivity index (χ4n) is 4.02. The van der Waals surface area contributed by atoms with Gasteiger partial charge >= 0.3 is 5.97 Å². The molecule has 1 aromatic carbocycles. The predicted molar refractivity (Wildman–Crippen MR) is 132 cm³/mol. The van der Waals surface area contributed by atoms with Crippen molar-refractivity contribution in [2.45, 2.75) is 49.5 Å². The molecule has 0 bridgehead atoms. The van der Waals surface area contributed by atoms with Gasteiger partial charge in [0.1, 0.15) is 12.2 Å². The molecule has 0 saturated carbocycles. The number of aliphatic hydroxyl groups excluding tert-OH is 2. The predicted octanol–water partition coefficient (Wildman–Crippen LogP) is 0.607. The molecule has 2 aromatic heterocycles. The Morgan fingerprint density at radius 3 is 2.76 bits per heavy atom. The van der Waals surface area contributed by atoms with Crippen molar-refractivity contribution in [1.82, 2.24) is 19.5 Å². The van der Waals surface area contributed by atoms with Gasteiger partial charge in [-0.05, 0) is 24.1 Å². The van der Waals surface area contributed by atoms with Gasteiger partial charge in [0.25, 0.3) is 0 Å². The number of hydrogen-bond acceptors (Lipinski definition) is 10. The van der Waals surface area contributed by atoms with Gasteiger partial charge in [-0.1, -0.05) is 36.3 Å². The van der Waals surface area contributed by atoms with E-state index in [0.29, 0.717) is 0 Å². The van der Waals surface area contributed by atoms with Crippen LogP contribution in [0.3, 0.4) is 0 Å². The number of carboxylic acids is 1. The van der Waals surface area contributed by atoms with E-state index in [-0.39, 0.29) is 41.3 Å². The van der Waals surface area contributed by atoms with Gasteiger partial charge in [-0.25, -0.2) is 9.78 Å². The van der Waals surface area contributed by atoms with E-state index in [1.807, 2.05) is 6.07 Å². The van der Waals surface area contributed by atoms with Crippen molar-refractivity contribution in [3.8, 4) is 12.3 Å². The summed E-state index contributed by atoms with van der Waals surface area (Å²) in [5, 5.41) is 43.9.